The second-order valence-corrected chi connectivity index (χ2v) is 6.91. The molecule has 0 aromatic rings. The van der Waals surface area contributed by atoms with Gasteiger partial charge in [-0.2, -0.15) is 0 Å². The van der Waals surface area contributed by atoms with Crippen LogP contribution in [0.15, 0.2) is 0 Å². The molecule has 1 N–H and O–H groups in total. The zero-order valence-electron chi connectivity index (χ0n) is 9.50. The van der Waals surface area contributed by atoms with E-state index in [-0.39, 0.29) is 10.8 Å². The Kier molecular flexibility index (Phi) is 4.10. The molecule has 1 rings (SSSR count). The lowest BCUT2D eigenvalue weighted by Crippen LogP contribution is -2.42. The van der Waals surface area contributed by atoms with Gasteiger partial charge in [0.2, 0.25) is 0 Å². The van der Waals surface area contributed by atoms with E-state index in [2.05, 4.69) is 11.6 Å². The summed E-state index contributed by atoms with van der Waals surface area (Å²) in [5.41, 5.74) is 0. The first kappa shape index (κ1) is 12.1. The summed E-state index contributed by atoms with van der Waals surface area (Å²) in [6, 6.07) is 0.276. The van der Waals surface area contributed by atoms with Crippen LogP contribution in [0.25, 0.3) is 0 Å². The lowest BCUT2D eigenvalue weighted by Gasteiger charge is -2.24. The molecule has 3 nitrogen and oxygen atoms in total. The van der Waals surface area contributed by atoms with Crippen molar-refractivity contribution in [2.45, 2.75) is 44.9 Å². The highest BCUT2D eigenvalue weighted by Crippen LogP contribution is 2.18. The van der Waals surface area contributed by atoms with E-state index >= 15 is 0 Å². The highest BCUT2D eigenvalue weighted by Gasteiger charge is 2.27. The molecule has 0 saturated carbocycles. The maximum absolute atomic E-state index is 11.8. The van der Waals surface area contributed by atoms with Gasteiger partial charge < -0.3 is 4.74 Å². The smallest absolute Gasteiger partial charge is 0.0972 e. The van der Waals surface area contributed by atoms with Crippen LogP contribution in [0.4, 0.5) is 0 Å². The first-order valence-electron chi connectivity index (χ1n) is 5.17. The lowest BCUT2D eigenvalue weighted by molar-refractivity contribution is 0.181. The van der Waals surface area contributed by atoms with Crippen molar-refractivity contribution < 1.29 is 8.95 Å². The van der Waals surface area contributed by atoms with Crippen LogP contribution < -0.4 is 4.72 Å². The fourth-order valence-electron chi connectivity index (χ4n) is 1.39. The van der Waals surface area contributed by atoms with Crippen molar-refractivity contribution in [3.63, 3.8) is 0 Å². The van der Waals surface area contributed by atoms with Gasteiger partial charge in [-0.1, -0.05) is 0 Å². The van der Waals surface area contributed by atoms with Crippen molar-refractivity contribution in [2.24, 2.45) is 5.92 Å². The van der Waals surface area contributed by atoms with Gasteiger partial charge >= 0.3 is 0 Å². The van der Waals surface area contributed by atoms with Crippen LogP contribution in [-0.4, -0.2) is 28.2 Å². The second kappa shape index (κ2) is 4.73. The molecule has 1 heterocycles. The third-order valence-electron chi connectivity index (χ3n) is 2.52. The zero-order valence-corrected chi connectivity index (χ0v) is 10.3. The Labute approximate surface area is 89.2 Å². The van der Waals surface area contributed by atoms with Crippen molar-refractivity contribution in [1.82, 2.24) is 4.72 Å². The van der Waals surface area contributed by atoms with Gasteiger partial charge in [-0.3, -0.25) is 0 Å². The number of ether oxygens (including phenoxy) is 1. The monoisotopic (exact) mass is 219 g/mol. The van der Waals surface area contributed by atoms with Gasteiger partial charge in [0.1, 0.15) is 0 Å². The first-order chi connectivity index (χ1) is 6.41. The standard InChI is InChI=1S/C10H21NO2S/c1-8(9-5-6-13-7-9)11-14(12)10(2,3)4/h8-9,11H,5-7H2,1-4H3/t8-,9?,14+/m1/s1. The van der Waals surface area contributed by atoms with Crippen LogP contribution in [0.3, 0.4) is 0 Å². The van der Waals surface area contributed by atoms with E-state index in [0.29, 0.717) is 5.92 Å². The van der Waals surface area contributed by atoms with Gasteiger partial charge in [0, 0.05) is 18.6 Å². The van der Waals surface area contributed by atoms with Gasteiger partial charge in [0.25, 0.3) is 0 Å². The highest BCUT2D eigenvalue weighted by atomic mass is 32.2. The van der Waals surface area contributed by atoms with Crippen molar-refractivity contribution in [3.05, 3.63) is 0 Å². The first-order valence-corrected chi connectivity index (χ1v) is 6.32. The molecule has 1 aliphatic heterocycles. The zero-order chi connectivity index (χ0) is 10.8. The fraction of sp³-hybridized carbons (Fsp3) is 1.00. The quantitative estimate of drug-likeness (QED) is 0.780. The minimum atomic E-state index is -0.969. The van der Waals surface area contributed by atoms with E-state index in [9.17, 15) is 4.21 Å². The summed E-state index contributed by atoms with van der Waals surface area (Å²) in [4.78, 5) is 0. The third kappa shape index (κ3) is 3.33. The molecule has 0 spiro atoms. The average molecular weight is 219 g/mol. The molecule has 1 saturated heterocycles. The molecule has 0 amide bonds. The van der Waals surface area contributed by atoms with Gasteiger partial charge in [0.05, 0.1) is 22.3 Å². The van der Waals surface area contributed by atoms with Gasteiger partial charge in [-0.25, -0.2) is 8.93 Å². The molecular formula is C10H21NO2S. The van der Waals surface area contributed by atoms with Crippen molar-refractivity contribution >= 4 is 11.0 Å². The van der Waals surface area contributed by atoms with E-state index < -0.39 is 11.0 Å². The molecule has 1 fully saturated rings. The van der Waals surface area contributed by atoms with Gasteiger partial charge in [-0.05, 0) is 34.1 Å². The van der Waals surface area contributed by atoms with Crippen LogP contribution in [-0.2, 0) is 15.7 Å². The van der Waals surface area contributed by atoms with Crippen LogP contribution >= 0.6 is 0 Å². The Morgan fingerprint density at radius 3 is 2.57 bits per heavy atom. The van der Waals surface area contributed by atoms with Gasteiger partial charge in [-0.15, -0.1) is 0 Å². The minimum Gasteiger partial charge on any atom is -0.381 e. The molecule has 0 aromatic carbocycles. The summed E-state index contributed by atoms with van der Waals surface area (Å²) in [6.45, 7) is 9.67. The molecule has 0 aromatic heterocycles. The van der Waals surface area contributed by atoms with E-state index in [4.69, 9.17) is 4.74 Å². The lowest BCUT2D eigenvalue weighted by atomic mass is 10.0. The predicted molar refractivity (Wildman–Crippen MR) is 59.4 cm³/mol. The molecule has 84 valence electrons. The molecule has 4 heteroatoms. The molecule has 1 aliphatic rings. The number of rotatable bonds is 3. The van der Waals surface area contributed by atoms with Crippen LogP contribution in [0, 0.1) is 5.92 Å². The molecule has 0 bridgehead atoms. The maximum Gasteiger partial charge on any atom is 0.0972 e. The van der Waals surface area contributed by atoms with E-state index in [1.807, 2.05) is 20.8 Å². The van der Waals surface area contributed by atoms with E-state index in [1.54, 1.807) is 0 Å². The van der Waals surface area contributed by atoms with Crippen molar-refractivity contribution in [3.8, 4) is 0 Å². The Hall–Kier alpha value is 0.0700. The summed E-state index contributed by atoms with van der Waals surface area (Å²) in [7, 11) is -0.969. The summed E-state index contributed by atoms with van der Waals surface area (Å²) in [5, 5.41) is 0. The molecular weight excluding hydrogens is 198 g/mol. The number of hydrogen-bond acceptors (Lipinski definition) is 2. The highest BCUT2D eigenvalue weighted by molar-refractivity contribution is 7.84. The molecule has 3 atom stereocenters. The van der Waals surface area contributed by atoms with Crippen LogP contribution in [0.1, 0.15) is 34.1 Å². The maximum atomic E-state index is 11.8. The topological polar surface area (TPSA) is 38.3 Å². The summed E-state index contributed by atoms with van der Waals surface area (Å²) in [5.74, 6) is 0.515. The predicted octanol–water partition coefficient (Wildman–Crippen LogP) is 1.46. The van der Waals surface area contributed by atoms with E-state index in [1.165, 1.54) is 0 Å². The average Bonchev–Trinajstić information content (AvgIpc) is 2.53. The largest absolute Gasteiger partial charge is 0.381 e. The van der Waals surface area contributed by atoms with Gasteiger partial charge in [0.15, 0.2) is 0 Å². The van der Waals surface area contributed by atoms with Crippen LogP contribution in [0.5, 0.6) is 0 Å². The van der Waals surface area contributed by atoms with Crippen molar-refractivity contribution in [2.75, 3.05) is 13.2 Å². The Morgan fingerprint density at radius 1 is 1.50 bits per heavy atom. The number of nitrogens with one attached hydrogen (secondary N) is 1. The van der Waals surface area contributed by atoms with Crippen LogP contribution in [0.2, 0.25) is 0 Å². The Bertz CT molecular complexity index is 207. The third-order valence-corrected chi connectivity index (χ3v) is 4.22. The molecule has 14 heavy (non-hydrogen) atoms. The Balaban J connectivity index is 2.39. The van der Waals surface area contributed by atoms with E-state index in [0.717, 1.165) is 19.6 Å². The summed E-state index contributed by atoms with van der Waals surface area (Å²) in [6.07, 6.45) is 1.08. The number of hydrogen-bond donors (Lipinski definition) is 1. The second-order valence-electron chi connectivity index (χ2n) is 4.91. The SMILES string of the molecule is C[C@@H](N[S@@](=O)C(C)(C)C)C1CCOC1. The molecule has 0 aliphatic carbocycles. The molecule has 0 radical (unpaired) electrons. The fourth-order valence-corrected chi connectivity index (χ4v) is 2.27. The minimum absolute atomic E-state index is 0.187. The Morgan fingerprint density at radius 2 is 2.14 bits per heavy atom. The van der Waals surface area contributed by atoms with Crippen molar-refractivity contribution in [1.29, 1.82) is 0 Å². The normalized spacial score (nSPS) is 27.6. The summed E-state index contributed by atoms with van der Waals surface area (Å²) < 4.78 is 20.1. The summed E-state index contributed by atoms with van der Waals surface area (Å²) >= 11 is 0. The molecule has 1 unspecified atom stereocenters.